The average Bonchev–Trinajstić information content (AvgIpc) is 2.99. The van der Waals surface area contributed by atoms with Crippen LogP contribution in [0.25, 0.3) is 0 Å². The van der Waals surface area contributed by atoms with Crippen LogP contribution in [0.4, 0.5) is 5.00 Å². The van der Waals surface area contributed by atoms with Gasteiger partial charge in [-0.15, -0.1) is 11.3 Å². The van der Waals surface area contributed by atoms with Gasteiger partial charge < -0.3 is 15.4 Å². The van der Waals surface area contributed by atoms with Crippen LogP contribution in [0.15, 0.2) is 24.5 Å². The van der Waals surface area contributed by atoms with Gasteiger partial charge in [0.1, 0.15) is 5.00 Å². The predicted molar refractivity (Wildman–Crippen MR) is 108 cm³/mol. The lowest BCUT2D eigenvalue weighted by molar-refractivity contribution is -0.684. The molecular formula is C20H26N3O4S+. The summed E-state index contributed by atoms with van der Waals surface area (Å²) in [5, 5.41) is 5.62. The monoisotopic (exact) mass is 404 g/mol. The summed E-state index contributed by atoms with van der Waals surface area (Å²) in [4.78, 5) is 37.3. The number of thiophene rings is 1. The number of pyridine rings is 1. The summed E-state index contributed by atoms with van der Waals surface area (Å²) in [7, 11) is 1.52. The molecule has 2 heterocycles. The predicted octanol–water partition coefficient (Wildman–Crippen LogP) is 2.47. The normalized spacial score (nSPS) is 10.4. The number of ether oxygens (including phenoxy) is 1. The summed E-state index contributed by atoms with van der Waals surface area (Å²) in [5.41, 5.74) is 1.93. The molecule has 0 bridgehead atoms. The van der Waals surface area contributed by atoms with Gasteiger partial charge in [0, 0.05) is 19.2 Å². The van der Waals surface area contributed by atoms with Crippen molar-refractivity contribution in [3.63, 3.8) is 0 Å². The van der Waals surface area contributed by atoms with E-state index in [1.165, 1.54) is 12.6 Å². The van der Waals surface area contributed by atoms with Gasteiger partial charge in [0.25, 0.3) is 11.8 Å². The molecule has 2 amide bonds. The fraction of sp³-hybridized carbons (Fsp3) is 0.400. The maximum Gasteiger partial charge on any atom is 0.341 e. The van der Waals surface area contributed by atoms with Crippen LogP contribution in [0.1, 0.15) is 51.4 Å². The standard InChI is InChI=1S/C20H25N3O4S/c1-5-7-14-8-10-23(11-9-14)12-15(24)22-19-16(20(26)27-6-2)13(3)17(28-19)18(25)21-4/h8-11H,5-7,12H2,1-4H3,(H-,21,22,24,25,26)/p+1. The Hall–Kier alpha value is -2.74. The second-order valence-corrected chi connectivity index (χ2v) is 7.26. The molecular weight excluding hydrogens is 378 g/mol. The number of aromatic nitrogens is 1. The fourth-order valence-corrected chi connectivity index (χ4v) is 3.92. The highest BCUT2D eigenvalue weighted by atomic mass is 32.1. The van der Waals surface area contributed by atoms with Crippen molar-refractivity contribution in [3.05, 3.63) is 46.1 Å². The molecule has 0 aliphatic heterocycles. The molecule has 7 nitrogen and oxygen atoms in total. The Labute approximate surface area is 168 Å². The first-order valence-electron chi connectivity index (χ1n) is 9.21. The molecule has 2 rings (SSSR count). The Bertz CT molecular complexity index is 859. The summed E-state index contributed by atoms with van der Waals surface area (Å²) in [5.74, 6) is -1.16. The van der Waals surface area contributed by atoms with Crippen molar-refractivity contribution in [2.75, 3.05) is 19.0 Å². The van der Waals surface area contributed by atoms with Crippen LogP contribution >= 0.6 is 11.3 Å². The van der Waals surface area contributed by atoms with E-state index >= 15 is 0 Å². The number of carbonyl (C=O) groups excluding carboxylic acids is 3. The summed E-state index contributed by atoms with van der Waals surface area (Å²) in [6.45, 7) is 5.80. The van der Waals surface area contributed by atoms with Crippen LogP contribution in [-0.4, -0.2) is 31.4 Å². The molecule has 0 saturated heterocycles. The van der Waals surface area contributed by atoms with Crippen molar-refractivity contribution in [1.82, 2.24) is 5.32 Å². The summed E-state index contributed by atoms with van der Waals surface area (Å²) in [6.07, 6.45) is 5.76. The van der Waals surface area contributed by atoms with Crippen LogP contribution in [-0.2, 0) is 22.5 Å². The maximum atomic E-state index is 12.5. The minimum absolute atomic E-state index is 0.0981. The lowest BCUT2D eigenvalue weighted by Crippen LogP contribution is -2.39. The van der Waals surface area contributed by atoms with Gasteiger partial charge in [0.05, 0.1) is 17.0 Å². The second-order valence-electron chi connectivity index (χ2n) is 6.24. The molecule has 0 radical (unpaired) electrons. The summed E-state index contributed by atoms with van der Waals surface area (Å²) in [6, 6.07) is 3.97. The molecule has 2 aromatic rings. The summed E-state index contributed by atoms with van der Waals surface area (Å²) >= 11 is 1.07. The first-order valence-corrected chi connectivity index (χ1v) is 10.0. The third kappa shape index (κ3) is 5.16. The van der Waals surface area contributed by atoms with Gasteiger partial charge in [0.15, 0.2) is 12.4 Å². The molecule has 2 aromatic heterocycles. The SMILES string of the molecule is CCCc1cc[n+](CC(=O)Nc2sc(C(=O)NC)c(C)c2C(=O)OCC)cc1. The quantitative estimate of drug-likeness (QED) is 0.523. The zero-order chi connectivity index (χ0) is 20.7. The van der Waals surface area contributed by atoms with E-state index in [1.54, 1.807) is 18.4 Å². The van der Waals surface area contributed by atoms with E-state index in [4.69, 9.17) is 4.74 Å². The number of hydrogen-bond acceptors (Lipinski definition) is 5. The molecule has 8 heteroatoms. The van der Waals surface area contributed by atoms with Crippen LogP contribution in [0.5, 0.6) is 0 Å². The Kier molecular flexibility index (Phi) is 7.69. The fourth-order valence-electron chi connectivity index (χ4n) is 2.76. The molecule has 2 N–H and O–H groups in total. The minimum Gasteiger partial charge on any atom is -0.462 e. The summed E-state index contributed by atoms with van der Waals surface area (Å²) < 4.78 is 6.85. The number of esters is 1. The third-order valence-electron chi connectivity index (χ3n) is 4.14. The van der Waals surface area contributed by atoms with Crippen molar-refractivity contribution in [2.45, 2.75) is 40.2 Å². The molecule has 0 saturated carbocycles. The van der Waals surface area contributed by atoms with Gasteiger partial charge >= 0.3 is 5.97 Å². The number of amides is 2. The third-order valence-corrected chi connectivity index (χ3v) is 5.34. The minimum atomic E-state index is -0.557. The molecule has 0 aromatic carbocycles. The maximum absolute atomic E-state index is 12.5. The Morgan fingerprint density at radius 1 is 1.18 bits per heavy atom. The molecule has 0 fully saturated rings. The lowest BCUT2D eigenvalue weighted by Gasteiger charge is -2.06. The van der Waals surface area contributed by atoms with E-state index in [-0.39, 0.29) is 30.5 Å². The van der Waals surface area contributed by atoms with E-state index in [2.05, 4.69) is 17.6 Å². The van der Waals surface area contributed by atoms with E-state index in [0.717, 1.165) is 24.2 Å². The van der Waals surface area contributed by atoms with Crippen molar-refractivity contribution in [2.24, 2.45) is 0 Å². The average molecular weight is 405 g/mol. The molecule has 0 unspecified atom stereocenters. The first-order chi connectivity index (χ1) is 13.4. The van der Waals surface area contributed by atoms with Crippen molar-refractivity contribution < 1.29 is 23.7 Å². The molecule has 28 heavy (non-hydrogen) atoms. The number of aryl methyl sites for hydroxylation is 1. The number of nitrogens with zero attached hydrogens (tertiary/aromatic N) is 1. The Morgan fingerprint density at radius 2 is 1.86 bits per heavy atom. The van der Waals surface area contributed by atoms with Crippen molar-refractivity contribution >= 4 is 34.1 Å². The number of anilines is 1. The van der Waals surface area contributed by atoms with Crippen molar-refractivity contribution in [3.8, 4) is 0 Å². The van der Waals surface area contributed by atoms with E-state index < -0.39 is 5.97 Å². The highest BCUT2D eigenvalue weighted by molar-refractivity contribution is 7.18. The highest BCUT2D eigenvalue weighted by Crippen LogP contribution is 2.33. The molecule has 150 valence electrons. The molecule has 0 aliphatic rings. The van der Waals surface area contributed by atoms with Gasteiger partial charge in [-0.25, -0.2) is 4.79 Å². The van der Waals surface area contributed by atoms with E-state index in [9.17, 15) is 14.4 Å². The topological polar surface area (TPSA) is 88.4 Å². The van der Waals surface area contributed by atoms with Gasteiger partial charge in [-0.3, -0.25) is 9.59 Å². The number of carbonyl (C=O) groups is 3. The number of hydrogen-bond donors (Lipinski definition) is 2. The van der Waals surface area contributed by atoms with Gasteiger partial charge in [-0.2, -0.15) is 4.57 Å². The molecule has 0 atom stereocenters. The first kappa shape index (κ1) is 21.6. The second kappa shape index (κ2) is 9.98. The van der Waals surface area contributed by atoms with Crippen LogP contribution in [0.3, 0.4) is 0 Å². The smallest absolute Gasteiger partial charge is 0.341 e. The van der Waals surface area contributed by atoms with Crippen LogP contribution in [0.2, 0.25) is 0 Å². The molecule has 0 spiro atoms. The van der Waals surface area contributed by atoms with E-state index in [0.29, 0.717) is 15.4 Å². The van der Waals surface area contributed by atoms with Gasteiger partial charge in [-0.05, 0) is 31.4 Å². The zero-order valence-electron chi connectivity index (χ0n) is 16.6. The molecule has 0 aliphatic carbocycles. The largest absolute Gasteiger partial charge is 0.462 e. The van der Waals surface area contributed by atoms with Gasteiger partial charge in [0.2, 0.25) is 6.54 Å². The Morgan fingerprint density at radius 3 is 2.43 bits per heavy atom. The van der Waals surface area contributed by atoms with E-state index in [1.807, 2.05) is 24.5 Å². The van der Waals surface area contributed by atoms with Crippen molar-refractivity contribution in [1.29, 1.82) is 0 Å². The van der Waals surface area contributed by atoms with Crippen LogP contribution < -0.4 is 15.2 Å². The Balaban J connectivity index is 2.22. The number of rotatable bonds is 8. The number of nitrogens with one attached hydrogen (secondary N) is 2. The lowest BCUT2D eigenvalue weighted by atomic mass is 10.1. The highest BCUT2D eigenvalue weighted by Gasteiger charge is 2.26. The zero-order valence-corrected chi connectivity index (χ0v) is 17.4. The van der Waals surface area contributed by atoms with Gasteiger partial charge in [-0.1, -0.05) is 13.3 Å². The van der Waals surface area contributed by atoms with Crippen LogP contribution in [0, 0.1) is 6.92 Å².